The van der Waals surface area contributed by atoms with Gasteiger partial charge in [0.2, 0.25) is 0 Å². The molecule has 0 bridgehead atoms. The zero-order valence-electron chi connectivity index (χ0n) is 12.3. The third-order valence-corrected chi connectivity index (χ3v) is 4.09. The van der Waals surface area contributed by atoms with E-state index in [1.807, 2.05) is 24.3 Å². The fourth-order valence-corrected chi connectivity index (χ4v) is 2.82. The Bertz CT molecular complexity index is 554. The Morgan fingerprint density at radius 3 is 2.48 bits per heavy atom. The van der Waals surface area contributed by atoms with Gasteiger partial charge in [-0.1, -0.05) is 60.5 Å². The standard InChI is InChI=1S/C18H21Cl2N/c1-2-10-21-17(11-14-6-4-3-5-7-14)13-15-12-16(19)8-9-18(15)20/h3-9,12,17,21H,2,10-11,13H2,1H3. The molecule has 0 aliphatic heterocycles. The highest BCUT2D eigenvalue weighted by Crippen LogP contribution is 2.22. The van der Waals surface area contributed by atoms with Gasteiger partial charge in [0.1, 0.15) is 0 Å². The molecule has 1 unspecified atom stereocenters. The zero-order chi connectivity index (χ0) is 15.1. The van der Waals surface area contributed by atoms with Crippen molar-refractivity contribution in [1.29, 1.82) is 0 Å². The lowest BCUT2D eigenvalue weighted by Crippen LogP contribution is -2.33. The normalized spacial score (nSPS) is 12.3. The number of rotatable bonds is 7. The minimum absolute atomic E-state index is 0.364. The molecule has 0 amide bonds. The Morgan fingerprint density at radius 1 is 1.00 bits per heavy atom. The number of hydrogen-bond acceptors (Lipinski definition) is 1. The summed E-state index contributed by atoms with van der Waals surface area (Å²) < 4.78 is 0. The molecule has 21 heavy (non-hydrogen) atoms. The van der Waals surface area contributed by atoms with E-state index in [1.54, 1.807) is 0 Å². The lowest BCUT2D eigenvalue weighted by molar-refractivity contribution is 0.505. The Balaban J connectivity index is 2.10. The van der Waals surface area contributed by atoms with Crippen molar-refractivity contribution in [2.24, 2.45) is 0 Å². The number of halogens is 2. The third-order valence-electron chi connectivity index (χ3n) is 3.48. The maximum absolute atomic E-state index is 6.29. The second-order valence-electron chi connectivity index (χ2n) is 5.28. The third kappa shape index (κ3) is 5.35. The van der Waals surface area contributed by atoms with Crippen LogP contribution in [0.2, 0.25) is 10.0 Å². The van der Waals surface area contributed by atoms with Crippen LogP contribution in [0.1, 0.15) is 24.5 Å². The quantitative estimate of drug-likeness (QED) is 0.743. The molecule has 0 spiro atoms. The Hall–Kier alpha value is -1.02. The zero-order valence-corrected chi connectivity index (χ0v) is 13.8. The van der Waals surface area contributed by atoms with Gasteiger partial charge in [-0.3, -0.25) is 0 Å². The molecule has 0 aromatic heterocycles. The Kier molecular flexibility index (Phi) is 6.56. The van der Waals surface area contributed by atoms with Gasteiger partial charge < -0.3 is 5.32 Å². The van der Waals surface area contributed by atoms with Crippen molar-refractivity contribution in [2.75, 3.05) is 6.54 Å². The first kappa shape index (κ1) is 16.4. The van der Waals surface area contributed by atoms with Crippen molar-refractivity contribution in [2.45, 2.75) is 32.2 Å². The van der Waals surface area contributed by atoms with Crippen LogP contribution in [0.25, 0.3) is 0 Å². The van der Waals surface area contributed by atoms with Crippen LogP contribution in [0.3, 0.4) is 0 Å². The van der Waals surface area contributed by atoms with Crippen molar-refractivity contribution in [3.8, 4) is 0 Å². The van der Waals surface area contributed by atoms with Gasteiger partial charge in [-0.25, -0.2) is 0 Å². The minimum Gasteiger partial charge on any atom is -0.313 e. The van der Waals surface area contributed by atoms with E-state index in [4.69, 9.17) is 23.2 Å². The highest BCUT2D eigenvalue weighted by atomic mass is 35.5. The predicted molar refractivity (Wildman–Crippen MR) is 92.4 cm³/mol. The molecule has 0 fully saturated rings. The van der Waals surface area contributed by atoms with Crippen LogP contribution in [0.4, 0.5) is 0 Å². The highest BCUT2D eigenvalue weighted by molar-refractivity contribution is 6.33. The fourth-order valence-electron chi connectivity index (χ4n) is 2.43. The maximum atomic E-state index is 6.29. The molecular weight excluding hydrogens is 301 g/mol. The second-order valence-corrected chi connectivity index (χ2v) is 6.12. The van der Waals surface area contributed by atoms with Gasteiger partial charge in [0.05, 0.1) is 0 Å². The minimum atomic E-state index is 0.364. The molecule has 2 aromatic carbocycles. The van der Waals surface area contributed by atoms with Crippen LogP contribution in [0.15, 0.2) is 48.5 Å². The fraction of sp³-hybridized carbons (Fsp3) is 0.333. The van der Waals surface area contributed by atoms with Crippen molar-refractivity contribution >= 4 is 23.2 Å². The van der Waals surface area contributed by atoms with E-state index in [1.165, 1.54) is 5.56 Å². The lowest BCUT2D eigenvalue weighted by atomic mass is 9.99. The Morgan fingerprint density at radius 2 is 1.76 bits per heavy atom. The molecule has 0 heterocycles. The monoisotopic (exact) mass is 321 g/mol. The molecular formula is C18H21Cl2N. The first-order chi connectivity index (χ1) is 10.2. The summed E-state index contributed by atoms with van der Waals surface area (Å²) in [4.78, 5) is 0. The van der Waals surface area contributed by atoms with Crippen LogP contribution >= 0.6 is 23.2 Å². The van der Waals surface area contributed by atoms with Crippen LogP contribution in [-0.2, 0) is 12.8 Å². The summed E-state index contributed by atoms with van der Waals surface area (Å²) in [7, 11) is 0. The summed E-state index contributed by atoms with van der Waals surface area (Å²) in [6, 6.07) is 16.6. The summed E-state index contributed by atoms with van der Waals surface area (Å²) in [6.07, 6.45) is 2.99. The van der Waals surface area contributed by atoms with Crippen molar-refractivity contribution in [3.63, 3.8) is 0 Å². The van der Waals surface area contributed by atoms with Gasteiger partial charge in [0.25, 0.3) is 0 Å². The molecule has 2 aromatic rings. The van der Waals surface area contributed by atoms with Gasteiger partial charge in [-0.2, -0.15) is 0 Å². The molecule has 2 rings (SSSR count). The predicted octanol–water partition coefficient (Wildman–Crippen LogP) is 5.15. The second kappa shape index (κ2) is 8.43. The van der Waals surface area contributed by atoms with Crippen LogP contribution in [0.5, 0.6) is 0 Å². The number of nitrogens with one attached hydrogen (secondary N) is 1. The van der Waals surface area contributed by atoms with E-state index in [2.05, 4.69) is 36.5 Å². The maximum Gasteiger partial charge on any atom is 0.0439 e. The number of benzene rings is 2. The summed E-state index contributed by atoms with van der Waals surface area (Å²) in [6.45, 7) is 3.19. The summed E-state index contributed by atoms with van der Waals surface area (Å²) in [5.41, 5.74) is 2.44. The van der Waals surface area contributed by atoms with E-state index < -0.39 is 0 Å². The van der Waals surface area contributed by atoms with E-state index in [0.717, 1.165) is 41.4 Å². The molecule has 0 aliphatic rings. The first-order valence-corrected chi connectivity index (χ1v) is 8.16. The highest BCUT2D eigenvalue weighted by Gasteiger charge is 2.12. The van der Waals surface area contributed by atoms with E-state index >= 15 is 0 Å². The Labute approximate surface area is 137 Å². The molecule has 1 nitrogen and oxygen atoms in total. The summed E-state index contributed by atoms with van der Waals surface area (Å²) >= 11 is 12.4. The van der Waals surface area contributed by atoms with Gasteiger partial charge in [-0.15, -0.1) is 0 Å². The molecule has 0 radical (unpaired) electrons. The van der Waals surface area contributed by atoms with Crippen LogP contribution < -0.4 is 5.32 Å². The first-order valence-electron chi connectivity index (χ1n) is 7.40. The summed E-state index contributed by atoms with van der Waals surface area (Å²) in [5, 5.41) is 5.14. The summed E-state index contributed by atoms with van der Waals surface area (Å²) in [5.74, 6) is 0. The van der Waals surface area contributed by atoms with Crippen molar-refractivity contribution < 1.29 is 0 Å². The van der Waals surface area contributed by atoms with Gasteiger partial charge >= 0.3 is 0 Å². The van der Waals surface area contributed by atoms with E-state index in [-0.39, 0.29) is 0 Å². The van der Waals surface area contributed by atoms with Gasteiger partial charge in [-0.05, 0) is 55.1 Å². The van der Waals surface area contributed by atoms with Gasteiger partial charge in [0, 0.05) is 16.1 Å². The van der Waals surface area contributed by atoms with Crippen molar-refractivity contribution in [3.05, 3.63) is 69.7 Å². The lowest BCUT2D eigenvalue weighted by Gasteiger charge is -2.19. The molecule has 3 heteroatoms. The van der Waals surface area contributed by atoms with Crippen LogP contribution in [-0.4, -0.2) is 12.6 Å². The molecule has 0 saturated carbocycles. The number of hydrogen-bond donors (Lipinski definition) is 1. The molecule has 1 N–H and O–H groups in total. The molecule has 0 aliphatic carbocycles. The van der Waals surface area contributed by atoms with E-state index in [0.29, 0.717) is 6.04 Å². The van der Waals surface area contributed by atoms with Crippen molar-refractivity contribution in [1.82, 2.24) is 5.32 Å². The van der Waals surface area contributed by atoms with E-state index in [9.17, 15) is 0 Å². The smallest absolute Gasteiger partial charge is 0.0439 e. The molecule has 0 saturated heterocycles. The molecule has 1 atom stereocenters. The van der Waals surface area contributed by atoms with Gasteiger partial charge in [0.15, 0.2) is 0 Å². The largest absolute Gasteiger partial charge is 0.313 e. The average molecular weight is 322 g/mol. The van der Waals surface area contributed by atoms with Crippen LogP contribution in [0, 0.1) is 0 Å². The average Bonchev–Trinajstić information content (AvgIpc) is 2.49. The SMILES string of the molecule is CCCNC(Cc1ccccc1)Cc1cc(Cl)ccc1Cl. The topological polar surface area (TPSA) is 12.0 Å². The molecule has 112 valence electrons.